The molecular formula is C22H19N5OS3. The summed E-state index contributed by atoms with van der Waals surface area (Å²) >= 11 is 4.58. The molecule has 5 aromatic rings. The molecular weight excluding hydrogens is 446 g/mol. The molecule has 0 saturated heterocycles. The second kappa shape index (κ2) is 8.41. The van der Waals surface area contributed by atoms with Crippen LogP contribution in [-0.4, -0.2) is 25.1 Å². The summed E-state index contributed by atoms with van der Waals surface area (Å²) in [7, 11) is 0. The largest absolute Gasteiger partial charge is 0.309 e. The first-order chi connectivity index (χ1) is 15.1. The van der Waals surface area contributed by atoms with Gasteiger partial charge in [0.2, 0.25) is 5.16 Å². The Morgan fingerprint density at radius 3 is 2.71 bits per heavy atom. The van der Waals surface area contributed by atoms with E-state index in [0.29, 0.717) is 16.4 Å². The molecule has 31 heavy (non-hydrogen) atoms. The van der Waals surface area contributed by atoms with E-state index in [1.165, 1.54) is 28.7 Å². The van der Waals surface area contributed by atoms with Crippen molar-refractivity contribution in [2.24, 2.45) is 0 Å². The van der Waals surface area contributed by atoms with Gasteiger partial charge in [-0.3, -0.25) is 9.89 Å². The van der Waals surface area contributed by atoms with Gasteiger partial charge in [0.15, 0.2) is 5.82 Å². The lowest BCUT2D eigenvalue weighted by Gasteiger charge is -2.08. The van der Waals surface area contributed by atoms with Gasteiger partial charge >= 0.3 is 0 Å². The third-order valence-corrected chi connectivity index (χ3v) is 7.76. The van der Waals surface area contributed by atoms with Crippen LogP contribution in [-0.2, 0) is 6.42 Å². The third kappa shape index (κ3) is 3.96. The molecule has 0 bridgehead atoms. The summed E-state index contributed by atoms with van der Waals surface area (Å²) in [5, 5.41) is 12.5. The van der Waals surface area contributed by atoms with Gasteiger partial charge in [0, 0.05) is 21.4 Å². The van der Waals surface area contributed by atoms with Crippen LogP contribution in [0.4, 0.5) is 0 Å². The lowest BCUT2D eigenvalue weighted by atomic mass is 10.1. The fraction of sp³-hybridized carbons (Fsp3) is 0.182. The lowest BCUT2D eigenvalue weighted by Crippen LogP contribution is -2.12. The van der Waals surface area contributed by atoms with E-state index < -0.39 is 0 Å². The number of thiophene rings is 2. The fourth-order valence-corrected chi connectivity index (χ4v) is 5.86. The lowest BCUT2D eigenvalue weighted by molar-refractivity contribution is 0.906. The number of rotatable bonds is 6. The van der Waals surface area contributed by atoms with Crippen LogP contribution < -0.4 is 5.56 Å². The standard InChI is InChI=1S/C22H19N5OS3/c1-3-13-6-8-14(9-7-13)19-25-22(27-26-19)31-12(2)18-23-20(28)17-15(11-30-21(17)24-18)16-5-4-10-29-16/h4-12H,3H2,1-2H3,(H,23,24,28)(H,25,26,27)/t12-/m0/s1. The van der Waals surface area contributed by atoms with Gasteiger partial charge < -0.3 is 4.98 Å². The number of fused-ring (bicyclic) bond motifs is 1. The summed E-state index contributed by atoms with van der Waals surface area (Å²) in [6.45, 7) is 4.13. The van der Waals surface area contributed by atoms with E-state index in [2.05, 4.69) is 39.2 Å². The Balaban J connectivity index is 1.39. The van der Waals surface area contributed by atoms with Gasteiger partial charge in [-0.15, -0.1) is 27.8 Å². The zero-order valence-electron chi connectivity index (χ0n) is 16.9. The highest BCUT2D eigenvalue weighted by molar-refractivity contribution is 7.99. The highest BCUT2D eigenvalue weighted by Gasteiger charge is 2.18. The molecule has 0 amide bonds. The second-order valence-electron chi connectivity index (χ2n) is 7.04. The van der Waals surface area contributed by atoms with E-state index in [0.717, 1.165) is 33.1 Å². The van der Waals surface area contributed by atoms with Gasteiger partial charge in [-0.05, 0) is 30.4 Å². The first-order valence-corrected chi connectivity index (χ1v) is 12.5. The Hall–Kier alpha value is -2.75. The molecule has 0 radical (unpaired) electrons. The van der Waals surface area contributed by atoms with E-state index in [1.807, 2.05) is 41.9 Å². The van der Waals surface area contributed by atoms with Crippen molar-refractivity contribution in [2.75, 3.05) is 0 Å². The van der Waals surface area contributed by atoms with Crippen molar-refractivity contribution in [1.82, 2.24) is 25.1 Å². The minimum absolute atomic E-state index is 0.101. The molecule has 1 aromatic carbocycles. The first-order valence-electron chi connectivity index (χ1n) is 9.86. The van der Waals surface area contributed by atoms with Crippen molar-refractivity contribution in [3.63, 3.8) is 0 Å². The van der Waals surface area contributed by atoms with Crippen LogP contribution in [0.5, 0.6) is 0 Å². The molecule has 156 valence electrons. The molecule has 0 saturated carbocycles. The van der Waals surface area contributed by atoms with Crippen LogP contribution in [0.2, 0.25) is 0 Å². The quantitative estimate of drug-likeness (QED) is 0.304. The number of hydrogen-bond donors (Lipinski definition) is 2. The summed E-state index contributed by atoms with van der Waals surface area (Å²) in [6.07, 6.45) is 1.00. The third-order valence-electron chi connectivity index (χ3n) is 5.02. The molecule has 0 aliphatic heterocycles. The Labute approximate surface area is 190 Å². The molecule has 0 spiro atoms. The van der Waals surface area contributed by atoms with Gasteiger partial charge in [0.1, 0.15) is 10.7 Å². The highest BCUT2D eigenvalue weighted by atomic mass is 32.2. The number of nitrogens with one attached hydrogen (secondary N) is 2. The monoisotopic (exact) mass is 465 g/mol. The zero-order chi connectivity index (χ0) is 21.4. The average Bonchev–Trinajstić information content (AvgIpc) is 3.54. The van der Waals surface area contributed by atoms with Crippen LogP contribution in [0.1, 0.15) is 30.5 Å². The Bertz CT molecular complexity index is 1380. The molecule has 0 aliphatic carbocycles. The number of aryl methyl sites for hydroxylation is 1. The minimum atomic E-state index is -0.108. The number of nitrogens with zero attached hydrogens (tertiary/aromatic N) is 3. The average molecular weight is 466 g/mol. The van der Waals surface area contributed by atoms with Crippen LogP contribution in [0, 0.1) is 0 Å². The molecule has 0 fully saturated rings. The van der Waals surface area contributed by atoms with E-state index in [1.54, 1.807) is 11.3 Å². The number of hydrogen-bond acceptors (Lipinski definition) is 7. The fourth-order valence-electron chi connectivity index (χ4n) is 3.31. The molecule has 0 aliphatic rings. The SMILES string of the molecule is CCc1ccc(-c2nc(S[C@@H](C)c3nc4scc(-c5cccs5)c4c(=O)[nH]3)n[nH]2)cc1. The molecule has 5 rings (SSSR count). The number of thioether (sulfide) groups is 1. The van der Waals surface area contributed by atoms with Crippen LogP contribution >= 0.6 is 34.4 Å². The zero-order valence-corrected chi connectivity index (χ0v) is 19.3. The molecule has 9 heteroatoms. The van der Waals surface area contributed by atoms with Crippen molar-refractivity contribution in [3.8, 4) is 21.8 Å². The molecule has 6 nitrogen and oxygen atoms in total. The Kier molecular flexibility index (Phi) is 5.47. The topological polar surface area (TPSA) is 87.3 Å². The van der Waals surface area contributed by atoms with Crippen LogP contribution in [0.15, 0.2) is 57.1 Å². The van der Waals surface area contributed by atoms with Crippen molar-refractivity contribution in [3.05, 3.63) is 68.9 Å². The minimum Gasteiger partial charge on any atom is -0.309 e. The molecule has 0 unspecified atom stereocenters. The van der Waals surface area contributed by atoms with Gasteiger partial charge in [-0.25, -0.2) is 9.97 Å². The number of benzene rings is 1. The Morgan fingerprint density at radius 1 is 1.13 bits per heavy atom. The van der Waals surface area contributed by atoms with Crippen molar-refractivity contribution < 1.29 is 0 Å². The van der Waals surface area contributed by atoms with Gasteiger partial charge in [-0.2, -0.15) is 0 Å². The van der Waals surface area contributed by atoms with E-state index >= 15 is 0 Å². The van der Waals surface area contributed by atoms with Crippen molar-refractivity contribution >= 4 is 44.7 Å². The second-order valence-corrected chi connectivity index (χ2v) is 10.1. The molecule has 4 aromatic heterocycles. The maximum atomic E-state index is 12.8. The maximum absolute atomic E-state index is 12.8. The first kappa shape index (κ1) is 20.2. The van der Waals surface area contributed by atoms with Gasteiger partial charge in [0.05, 0.1) is 10.6 Å². The van der Waals surface area contributed by atoms with E-state index in [4.69, 9.17) is 4.98 Å². The predicted molar refractivity (Wildman–Crippen MR) is 129 cm³/mol. The van der Waals surface area contributed by atoms with Crippen molar-refractivity contribution in [1.29, 1.82) is 0 Å². The van der Waals surface area contributed by atoms with E-state index in [-0.39, 0.29) is 10.8 Å². The predicted octanol–water partition coefficient (Wildman–Crippen LogP) is 5.91. The number of aromatic nitrogens is 5. The van der Waals surface area contributed by atoms with Gasteiger partial charge in [-0.1, -0.05) is 49.0 Å². The summed E-state index contributed by atoms with van der Waals surface area (Å²) < 4.78 is 0. The number of H-pyrrole nitrogens is 2. The molecule has 4 heterocycles. The summed E-state index contributed by atoms with van der Waals surface area (Å²) in [5.74, 6) is 1.36. The van der Waals surface area contributed by atoms with Crippen LogP contribution in [0.25, 0.3) is 32.0 Å². The maximum Gasteiger partial charge on any atom is 0.260 e. The summed E-state index contributed by atoms with van der Waals surface area (Å²) in [5.41, 5.74) is 3.12. The highest BCUT2D eigenvalue weighted by Crippen LogP contribution is 2.36. The summed E-state index contributed by atoms with van der Waals surface area (Å²) in [4.78, 5) is 27.0. The van der Waals surface area contributed by atoms with Gasteiger partial charge in [0.25, 0.3) is 5.56 Å². The summed E-state index contributed by atoms with van der Waals surface area (Å²) in [6, 6.07) is 12.3. The molecule has 1 atom stereocenters. The normalized spacial score (nSPS) is 12.5. The van der Waals surface area contributed by atoms with Crippen LogP contribution in [0.3, 0.4) is 0 Å². The van der Waals surface area contributed by atoms with Crippen molar-refractivity contribution in [2.45, 2.75) is 30.7 Å². The smallest absolute Gasteiger partial charge is 0.260 e. The Morgan fingerprint density at radius 2 is 1.97 bits per heavy atom. The van der Waals surface area contributed by atoms with E-state index in [9.17, 15) is 4.79 Å². The number of aromatic amines is 2. The molecule has 2 N–H and O–H groups in total.